The normalized spacial score (nSPS) is 13.6. The summed E-state index contributed by atoms with van der Waals surface area (Å²) in [5, 5.41) is 2.92. The monoisotopic (exact) mass is 292 g/mol. The van der Waals surface area contributed by atoms with E-state index in [1.807, 2.05) is 6.92 Å². The van der Waals surface area contributed by atoms with Gasteiger partial charge in [0.25, 0.3) is 5.91 Å². The number of carbonyl (C=O) groups excluding carboxylic acids is 1. The van der Waals surface area contributed by atoms with Crippen molar-refractivity contribution < 1.29 is 9.53 Å². The summed E-state index contributed by atoms with van der Waals surface area (Å²) in [6.07, 6.45) is -0.572. The maximum absolute atomic E-state index is 11.8. The minimum absolute atomic E-state index is 0. The Hall–Kier alpha value is -0.620. The molecular formula is C12H21ClN2O2S. The number of hydrogen-bond acceptors (Lipinski definition) is 4. The molecule has 0 fully saturated rings. The van der Waals surface area contributed by atoms with Crippen molar-refractivity contribution in [1.29, 1.82) is 0 Å². The number of nitrogens with one attached hydrogen (secondary N) is 1. The van der Waals surface area contributed by atoms with Crippen LogP contribution in [0.15, 0.2) is 6.07 Å². The molecule has 1 heterocycles. The molecular weight excluding hydrogens is 272 g/mol. The van der Waals surface area contributed by atoms with Gasteiger partial charge in [-0.25, -0.2) is 0 Å². The quantitative estimate of drug-likeness (QED) is 0.872. The van der Waals surface area contributed by atoms with Gasteiger partial charge in [0.15, 0.2) is 0 Å². The molecule has 0 radical (unpaired) electrons. The third-order valence-corrected chi connectivity index (χ3v) is 3.68. The van der Waals surface area contributed by atoms with E-state index in [9.17, 15) is 4.79 Å². The van der Waals surface area contributed by atoms with E-state index in [1.54, 1.807) is 11.3 Å². The van der Waals surface area contributed by atoms with Gasteiger partial charge in [0.1, 0.15) is 6.10 Å². The minimum atomic E-state index is -0.572. The highest BCUT2D eigenvalue weighted by Crippen LogP contribution is 2.26. The van der Waals surface area contributed by atoms with Crippen molar-refractivity contribution in [3.63, 3.8) is 0 Å². The zero-order valence-electron chi connectivity index (χ0n) is 11.1. The van der Waals surface area contributed by atoms with Crippen LogP contribution in [0.3, 0.4) is 0 Å². The van der Waals surface area contributed by atoms with E-state index in [0.717, 1.165) is 5.56 Å². The summed E-state index contributed by atoms with van der Waals surface area (Å²) in [5.41, 5.74) is 6.61. The van der Waals surface area contributed by atoms with E-state index in [1.165, 1.54) is 16.9 Å². The van der Waals surface area contributed by atoms with E-state index < -0.39 is 6.10 Å². The molecule has 1 aromatic rings. The first kappa shape index (κ1) is 17.4. The fourth-order valence-electron chi connectivity index (χ4n) is 1.77. The average Bonchev–Trinajstić information content (AvgIpc) is 2.59. The molecule has 0 bridgehead atoms. The number of nitrogens with two attached hydrogens (primary N) is 1. The summed E-state index contributed by atoms with van der Waals surface area (Å²) < 4.78 is 5.00. The first-order valence-electron chi connectivity index (χ1n) is 5.59. The molecule has 3 N–H and O–H groups in total. The summed E-state index contributed by atoms with van der Waals surface area (Å²) in [4.78, 5) is 14.3. The van der Waals surface area contributed by atoms with Gasteiger partial charge in [-0.2, -0.15) is 0 Å². The van der Waals surface area contributed by atoms with Crippen molar-refractivity contribution in [2.24, 2.45) is 5.73 Å². The predicted octanol–water partition coefficient (Wildman–Crippen LogP) is 1.94. The van der Waals surface area contributed by atoms with Crippen molar-refractivity contribution in [1.82, 2.24) is 5.32 Å². The van der Waals surface area contributed by atoms with Gasteiger partial charge in [-0.3, -0.25) is 4.79 Å². The molecule has 0 aliphatic rings. The standard InChI is InChI=1S/C12H20N2O2S.ClH/c1-7-5-10(9(3)17-7)8(2)14-12(15)11(6-13)16-4;/h5,8,11H,6,13H2,1-4H3,(H,14,15);1H. The van der Waals surface area contributed by atoms with E-state index in [-0.39, 0.29) is 30.9 Å². The molecule has 1 amide bonds. The molecule has 0 aromatic carbocycles. The first-order valence-corrected chi connectivity index (χ1v) is 6.41. The number of aryl methyl sites for hydroxylation is 2. The fourth-order valence-corrected chi connectivity index (χ4v) is 2.80. The lowest BCUT2D eigenvalue weighted by Crippen LogP contribution is -2.41. The van der Waals surface area contributed by atoms with E-state index >= 15 is 0 Å². The topological polar surface area (TPSA) is 64.3 Å². The molecule has 104 valence electrons. The summed E-state index contributed by atoms with van der Waals surface area (Å²) in [6, 6.07) is 2.09. The molecule has 2 unspecified atom stereocenters. The number of halogens is 1. The molecule has 1 aromatic heterocycles. The lowest BCUT2D eigenvalue weighted by atomic mass is 10.1. The Balaban J connectivity index is 0.00000289. The van der Waals surface area contributed by atoms with E-state index in [2.05, 4.69) is 25.2 Å². The van der Waals surface area contributed by atoms with Gasteiger partial charge in [0, 0.05) is 23.4 Å². The summed E-state index contributed by atoms with van der Waals surface area (Å²) in [6.45, 7) is 6.28. The number of amides is 1. The highest BCUT2D eigenvalue weighted by Gasteiger charge is 2.19. The number of carbonyl (C=O) groups is 1. The molecule has 0 saturated heterocycles. The second kappa shape index (κ2) is 7.74. The predicted molar refractivity (Wildman–Crippen MR) is 77.5 cm³/mol. The number of ether oxygens (including phenoxy) is 1. The fraction of sp³-hybridized carbons (Fsp3) is 0.583. The van der Waals surface area contributed by atoms with Gasteiger partial charge in [-0.05, 0) is 32.4 Å². The summed E-state index contributed by atoms with van der Waals surface area (Å²) in [5.74, 6) is -0.161. The van der Waals surface area contributed by atoms with Crippen LogP contribution >= 0.6 is 23.7 Å². The maximum Gasteiger partial charge on any atom is 0.250 e. The Labute approximate surface area is 118 Å². The Morgan fingerprint density at radius 2 is 2.17 bits per heavy atom. The van der Waals surface area contributed by atoms with Crippen LogP contribution in [0.4, 0.5) is 0 Å². The molecule has 0 aliphatic carbocycles. The van der Waals surface area contributed by atoms with E-state index in [4.69, 9.17) is 10.5 Å². The zero-order valence-corrected chi connectivity index (χ0v) is 12.8. The van der Waals surface area contributed by atoms with Crippen LogP contribution < -0.4 is 11.1 Å². The summed E-state index contributed by atoms with van der Waals surface area (Å²) in [7, 11) is 1.49. The third kappa shape index (κ3) is 4.24. The first-order chi connectivity index (χ1) is 7.99. The number of rotatable bonds is 5. The zero-order chi connectivity index (χ0) is 13.0. The number of thiophene rings is 1. The van der Waals surface area contributed by atoms with Crippen molar-refractivity contribution >= 4 is 29.7 Å². The van der Waals surface area contributed by atoms with Gasteiger partial charge >= 0.3 is 0 Å². The highest BCUT2D eigenvalue weighted by atomic mass is 35.5. The Kier molecular flexibility index (Phi) is 7.47. The number of hydrogen-bond donors (Lipinski definition) is 2. The SMILES string of the molecule is COC(CN)C(=O)NC(C)c1cc(C)sc1C.Cl. The third-order valence-electron chi connectivity index (χ3n) is 2.70. The van der Waals surface area contributed by atoms with Crippen molar-refractivity contribution in [2.75, 3.05) is 13.7 Å². The van der Waals surface area contributed by atoms with Gasteiger partial charge < -0.3 is 15.8 Å². The van der Waals surface area contributed by atoms with Crippen molar-refractivity contribution in [2.45, 2.75) is 32.9 Å². The van der Waals surface area contributed by atoms with E-state index in [0.29, 0.717) is 0 Å². The van der Waals surface area contributed by atoms with Crippen molar-refractivity contribution in [3.8, 4) is 0 Å². The van der Waals surface area contributed by atoms with Crippen LogP contribution in [0, 0.1) is 13.8 Å². The van der Waals surface area contributed by atoms with Gasteiger partial charge in [0.05, 0.1) is 6.04 Å². The molecule has 1 rings (SSSR count). The lowest BCUT2D eigenvalue weighted by Gasteiger charge is -2.18. The Morgan fingerprint density at radius 1 is 1.56 bits per heavy atom. The van der Waals surface area contributed by atoms with Crippen LogP contribution in [-0.4, -0.2) is 25.7 Å². The second-order valence-corrected chi connectivity index (χ2v) is 5.52. The van der Waals surface area contributed by atoms with Gasteiger partial charge in [0.2, 0.25) is 0 Å². The average molecular weight is 293 g/mol. The molecule has 6 heteroatoms. The van der Waals surface area contributed by atoms with Gasteiger partial charge in [-0.15, -0.1) is 23.7 Å². The van der Waals surface area contributed by atoms with Crippen LogP contribution in [0.1, 0.15) is 28.3 Å². The van der Waals surface area contributed by atoms with Gasteiger partial charge in [-0.1, -0.05) is 0 Å². The van der Waals surface area contributed by atoms with Crippen molar-refractivity contribution in [3.05, 3.63) is 21.4 Å². The largest absolute Gasteiger partial charge is 0.370 e. The highest BCUT2D eigenvalue weighted by molar-refractivity contribution is 7.12. The van der Waals surface area contributed by atoms with Crippen LogP contribution in [0.2, 0.25) is 0 Å². The van der Waals surface area contributed by atoms with Crippen LogP contribution in [-0.2, 0) is 9.53 Å². The molecule has 0 saturated carbocycles. The Morgan fingerprint density at radius 3 is 2.56 bits per heavy atom. The molecule has 0 aliphatic heterocycles. The minimum Gasteiger partial charge on any atom is -0.370 e. The molecule has 0 spiro atoms. The Bertz CT molecular complexity index is 391. The lowest BCUT2D eigenvalue weighted by molar-refractivity contribution is -0.131. The maximum atomic E-state index is 11.8. The van der Waals surface area contributed by atoms with Crippen LogP contribution in [0.25, 0.3) is 0 Å². The second-order valence-electron chi connectivity index (χ2n) is 4.06. The smallest absolute Gasteiger partial charge is 0.250 e. The summed E-state index contributed by atoms with van der Waals surface area (Å²) >= 11 is 1.74. The van der Waals surface area contributed by atoms with Crippen LogP contribution in [0.5, 0.6) is 0 Å². The molecule has 2 atom stereocenters. The number of methoxy groups -OCH3 is 1. The molecule has 4 nitrogen and oxygen atoms in total. The molecule has 18 heavy (non-hydrogen) atoms.